The Morgan fingerprint density at radius 1 is 1.29 bits per heavy atom. The zero-order chi connectivity index (χ0) is 15.8. The summed E-state index contributed by atoms with van der Waals surface area (Å²) in [6, 6.07) is 7.89. The third-order valence-corrected chi connectivity index (χ3v) is 3.87. The number of para-hydroxylation sites is 1. The molecule has 0 saturated carbocycles. The number of carbonyl (C=O) groups is 1. The maximum atomic E-state index is 12.3. The molecule has 1 amide bonds. The van der Waals surface area contributed by atoms with Gasteiger partial charge in [-0.25, -0.2) is 0 Å². The molecule has 4 heteroatoms. The lowest BCUT2D eigenvalue weighted by Gasteiger charge is -2.28. The van der Waals surface area contributed by atoms with E-state index in [1.54, 1.807) is 0 Å². The topological polar surface area (TPSA) is 58.4 Å². The molecular formula is C17H29N3O. The maximum absolute atomic E-state index is 12.3. The second kappa shape index (κ2) is 8.67. The Labute approximate surface area is 128 Å². The summed E-state index contributed by atoms with van der Waals surface area (Å²) in [6.45, 7) is 9.71. The summed E-state index contributed by atoms with van der Waals surface area (Å²) in [5.41, 5.74) is 7.84. The van der Waals surface area contributed by atoms with E-state index in [2.05, 4.69) is 31.0 Å². The van der Waals surface area contributed by atoms with Crippen molar-refractivity contribution in [3.8, 4) is 0 Å². The quantitative estimate of drug-likeness (QED) is 0.724. The first-order chi connectivity index (χ1) is 9.99. The van der Waals surface area contributed by atoms with E-state index in [9.17, 15) is 4.79 Å². The van der Waals surface area contributed by atoms with Crippen molar-refractivity contribution in [3.05, 3.63) is 29.8 Å². The highest BCUT2D eigenvalue weighted by Crippen LogP contribution is 2.15. The van der Waals surface area contributed by atoms with Gasteiger partial charge in [0.2, 0.25) is 5.91 Å². The normalized spacial score (nSPS) is 14.0. The number of rotatable bonds is 8. The Bertz CT molecular complexity index is 447. The van der Waals surface area contributed by atoms with Crippen LogP contribution in [-0.4, -0.2) is 29.4 Å². The van der Waals surface area contributed by atoms with E-state index in [1.807, 2.05) is 31.2 Å². The molecular weight excluding hydrogens is 262 g/mol. The zero-order valence-electron chi connectivity index (χ0n) is 13.7. The van der Waals surface area contributed by atoms with Crippen LogP contribution in [0.25, 0.3) is 0 Å². The van der Waals surface area contributed by atoms with Gasteiger partial charge in [-0.05, 0) is 38.4 Å². The Hall–Kier alpha value is -1.55. The van der Waals surface area contributed by atoms with E-state index in [4.69, 9.17) is 5.73 Å². The van der Waals surface area contributed by atoms with E-state index < -0.39 is 0 Å². The molecule has 118 valence electrons. The predicted molar refractivity (Wildman–Crippen MR) is 88.9 cm³/mol. The number of nitrogens with zero attached hydrogens (tertiary/aromatic N) is 1. The molecule has 21 heavy (non-hydrogen) atoms. The standard InChI is InChI=1S/C17H29N3O/c1-5-9-13(3)19-17(21)14(4)20(6-2)12-15-10-7-8-11-16(15)18/h7-8,10-11,13-14H,5-6,9,12,18H2,1-4H3,(H,19,21). The summed E-state index contributed by atoms with van der Waals surface area (Å²) in [7, 11) is 0. The molecule has 1 rings (SSSR count). The van der Waals surface area contributed by atoms with Gasteiger partial charge in [0.05, 0.1) is 6.04 Å². The van der Waals surface area contributed by atoms with Crippen LogP contribution in [0.1, 0.15) is 46.1 Å². The van der Waals surface area contributed by atoms with E-state index in [-0.39, 0.29) is 18.0 Å². The average molecular weight is 291 g/mol. The highest BCUT2D eigenvalue weighted by atomic mass is 16.2. The highest BCUT2D eigenvalue weighted by Gasteiger charge is 2.21. The number of benzene rings is 1. The maximum Gasteiger partial charge on any atom is 0.237 e. The van der Waals surface area contributed by atoms with Gasteiger partial charge in [0, 0.05) is 18.3 Å². The van der Waals surface area contributed by atoms with E-state index in [0.717, 1.165) is 30.6 Å². The van der Waals surface area contributed by atoms with Crippen molar-refractivity contribution in [2.75, 3.05) is 12.3 Å². The molecule has 2 unspecified atom stereocenters. The first-order valence-corrected chi connectivity index (χ1v) is 7.87. The number of nitrogen functional groups attached to an aromatic ring is 1. The minimum Gasteiger partial charge on any atom is -0.398 e. The molecule has 0 spiro atoms. The molecule has 0 fully saturated rings. The molecule has 4 nitrogen and oxygen atoms in total. The lowest BCUT2D eigenvalue weighted by atomic mass is 10.1. The van der Waals surface area contributed by atoms with Crippen LogP contribution in [0.15, 0.2) is 24.3 Å². The van der Waals surface area contributed by atoms with Crippen LogP contribution in [0, 0.1) is 0 Å². The molecule has 1 aromatic rings. The fourth-order valence-electron chi connectivity index (χ4n) is 2.45. The molecule has 2 atom stereocenters. The first-order valence-electron chi connectivity index (χ1n) is 7.87. The molecule has 0 aliphatic rings. The lowest BCUT2D eigenvalue weighted by molar-refractivity contribution is -0.126. The number of nitrogens with one attached hydrogen (secondary N) is 1. The molecule has 0 heterocycles. The van der Waals surface area contributed by atoms with E-state index in [0.29, 0.717) is 6.54 Å². The summed E-state index contributed by atoms with van der Waals surface area (Å²) in [6.07, 6.45) is 2.09. The average Bonchev–Trinajstić information content (AvgIpc) is 2.46. The van der Waals surface area contributed by atoms with Crippen molar-refractivity contribution in [3.63, 3.8) is 0 Å². The number of nitrogens with two attached hydrogens (primary N) is 1. The minimum atomic E-state index is -0.158. The number of anilines is 1. The predicted octanol–water partition coefficient (Wildman–Crippen LogP) is 2.78. The van der Waals surface area contributed by atoms with Crippen molar-refractivity contribution >= 4 is 11.6 Å². The van der Waals surface area contributed by atoms with Crippen LogP contribution >= 0.6 is 0 Å². The number of likely N-dealkylation sites (N-methyl/N-ethyl adjacent to an activating group) is 1. The fourth-order valence-corrected chi connectivity index (χ4v) is 2.45. The van der Waals surface area contributed by atoms with Crippen molar-refractivity contribution < 1.29 is 4.79 Å². The molecule has 0 aliphatic carbocycles. The molecule has 0 radical (unpaired) electrons. The summed E-state index contributed by atoms with van der Waals surface area (Å²) in [5, 5.41) is 3.08. The number of amides is 1. The molecule has 1 aromatic carbocycles. The van der Waals surface area contributed by atoms with Gasteiger partial charge in [-0.3, -0.25) is 9.69 Å². The van der Waals surface area contributed by atoms with E-state index >= 15 is 0 Å². The van der Waals surface area contributed by atoms with Crippen LogP contribution in [0.5, 0.6) is 0 Å². The molecule has 0 aliphatic heterocycles. The Balaban J connectivity index is 2.66. The van der Waals surface area contributed by atoms with E-state index in [1.165, 1.54) is 0 Å². The SMILES string of the molecule is CCCC(C)NC(=O)C(C)N(CC)Cc1ccccc1N. The Morgan fingerprint density at radius 3 is 2.52 bits per heavy atom. The molecule has 3 N–H and O–H groups in total. The van der Waals surface area contributed by atoms with Crippen LogP contribution in [-0.2, 0) is 11.3 Å². The van der Waals surface area contributed by atoms with Gasteiger partial charge >= 0.3 is 0 Å². The second-order valence-corrected chi connectivity index (χ2v) is 5.64. The van der Waals surface area contributed by atoms with Crippen molar-refractivity contribution in [1.29, 1.82) is 0 Å². The molecule has 0 bridgehead atoms. The van der Waals surface area contributed by atoms with Crippen LogP contribution in [0.2, 0.25) is 0 Å². The molecule has 0 aromatic heterocycles. The van der Waals surface area contributed by atoms with Crippen LogP contribution in [0.3, 0.4) is 0 Å². The summed E-state index contributed by atoms with van der Waals surface area (Å²) >= 11 is 0. The van der Waals surface area contributed by atoms with Crippen molar-refractivity contribution in [2.45, 2.75) is 59.2 Å². The summed E-state index contributed by atoms with van der Waals surface area (Å²) in [4.78, 5) is 14.5. The zero-order valence-corrected chi connectivity index (χ0v) is 13.7. The first kappa shape index (κ1) is 17.5. The third-order valence-electron chi connectivity index (χ3n) is 3.87. The van der Waals surface area contributed by atoms with Gasteiger partial charge in [-0.1, -0.05) is 38.5 Å². The number of hydrogen-bond donors (Lipinski definition) is 2. The van der Waals surface area contributed by atoms with Gasteiger partial charge in [0.15, 0.2) is 0 Å². The van der Waals surface area contributed by atoms with Crippen molar-refractivity contribution in [2.24, 2.45) is 0 Å². The van der Waals surface area contributed by atoms with Gasteiger partial charge < -0.3 is 11.1 Å². The molecule has 0 saturated heterocycles. The smallest absolute Gasteiger partial charge is 0.237 e. The second-order valence-electron chi connectivity index (χ2n) is 5.64. The lowest BCUT2D eigenvalue weighted by Crippen LogP contribution is -2.47. The van der Waals surface area contributed by atoms with Gasteiger partial charge in [-0.15, -0.1) is 0 Å². The Kier molecular flexibility index (Phi) is 7.23. The van der Waals surface area contributed by atoms with Gasteiger partial charge in [-0.2, -0.15) is 0 Å². The Morgan fingerprint density at radius 2 is 1.95 bits per heavy atom. The van der Waals surface area contributed by atoms with Crippen LogP contribution < -0.4 is 11.1 Å². The fraction of sp³-hybridized carbons (Fsp3) is 0.588. The van der Waals surface area contributed by atoms with Crippen molar-refractivity contribution in [1.82, 2.24) is 10.2 Å². The summed E-state index contributed by atoms with van der Waals surface area (Å²) in [5.74, 6) is 0.0901. The number of hydrogen-bond acceptors (Lipinski definition) is 3. The van der Waals surface area contributed by atoms with Gasteiger partial charge in [0.25, 0.3) is 0 Å². The third kappa shape index (κ3) is 5.38. The summed E-state index contributed by atoms with van der Waals surface area (Å²) < 4.78 is 0. The van der Waals surface area contributed by atoms with Crippen LogP contribution in [0.4, 0.5) is 5.69 Å². The highest BCUT2D eigenvalue weighted by molar-refractivity contribution is 5.81. The minimum absolute atomic E-state index is 0.0901. The number of carbonyl (C=O) groups excluding carboxylic acids is 1. The van der Waals surface area contributed by atoms with Gasteiger partial charge in [0.1, 0.15) is 0 Å². The monoisotopic (exact) mass is 291 g/mol. The largest absolute Gasteiger partial charge is 0.398 e.